The molecular formula is C24H30N4O4S2. The summed E-state index contributed by atoms with van der Waals surface area (Å²) in [6.45, 7) is 10.0. The Morgan fingerprint density at radius 3 is 2.65 bits per heavy atom. The molecule has 1 amide bonds. The van der Waals surface area contributed by atoms with Crippen LogP contribution in [0.3, 0.4) is 0 Å². The van der Waals surface area contributed by atoms with Crippen LogP contribution in [0.4, 0.5) is 5.00 Å². The lowest BCUT2D eigenvalue weighted by atomic mass is 10.1. The fraction of sp³-hybridized carbons (Fsp3) is 0.417. The van der Waals surface area contributed by atoms with Gasteiger partial charge in [0.2, 0.25) is 5.91 Å². The lowest BCUT2D eigenvalue weighted by Gasteiger charge is -2.16. The van der Waals surface area contributed by atoms with Crippen LogP contribution in [-0.4, -0.2) is 39.0 Å². The smallest absolute Gasteiger partial charge is 0.341 e. The van der Waals surface area contributed by atoms with E-state index in [-0.39, 0.29) is 24.4 Å². The molecule has 1 atom stereocenters. The van der Waals surface area contributed by atoms with Gasteiger partial charge in [-0.1, -0.05) is 36.4 Å². The van der Waals surface area contributed by atoms with Crippen molar-refractivity contribution >= 4 is 40.0 Å². The molecule has 3 aromatic rings. The lowest BCUT2D eigenvalue weighted by Crippen LogP contribution is -2.16. The highest BCUT2D eigenvalue weighted by atomic mass is 32.2. The van der Waals surface area contributed by atoms with Crippen LogP contribution < -0.4 is 10.1 Å². The lowest BCUT2D eigenvalue weighted by molar-refractivity contribution is -0.113. The molecule has 0 spiro atoms. The molecule has 2 heterocycles. The first-order valence-electron chi connectivity index (χ1n) is 11.1. The van der Waals surface area contributed by atoms with Gasteiger partial charge in [0.1, 0.15) is 10.8 Å². The molecule has 1 aromatic carbocycles. The number of carbonyl (C=O) groups excluding carboxylic acids is 2. The molecule has 8 nitrogen and oxygen atoms in total. The highest BCUT2D eigenvalue weighted by Gasteiger charge is 2.21. The van der Waals surface area contributed by atoms with Crippen molar-refractivity contribution in [3.05, 3.63) is 51.7 Å². The number of thiophene rings is 1. The molecule has 10 heteroatoms. The number of aromatic nitrogens is 3. The van der Waals surface area contributed by atoms with Gasteiger partial charge in [0.15, 0.2) is 17.1 Å². The van der Waals surface area contributed by atoms with E-state index in [0.717, 1.165) is 22.6 Å². The third-order valence-corrected chi connectivity index (χ3v) is 7.29. The van der Waals surface area contributed by atoms with Crippen LogP contribution in [-0.2, 0) is 23.0 Å². The van der Waals surface area contributed by atoms with E-state index >= 15 is 0 Å². The van der Waals surface area contributed by atoms with Crippen LogP contribution in [0, 0.1) is 13.8 Å². The zero-order valence-electron chi connectivity index (χ0n) is 20.3. The van der Waals surface area contributed by atoms with Gasteiger partial charge >= 0.3 is 5.97 Å². The fourth-order valence-corrected chi connectivity index (χ4v) is 5.06. The van der Waals surface area contributed by atoms with Gasteiger partial charge in [-0.05, 0) is 51.8 Å². The van der Waals surface area contributed by atoms with Gasteiger partial charge in [0, 0.05) is 11.9 Å². The van der Waals surface area contributed by atoms with Crippen molar-refractivity contribution in [2.75, 3.05) is 17.7 Å². The zero-order chi connectivity index (χ0) is 24.8. The molecule has 34 heavy (non-hydrogen) atoms. The van der Waals surface area contributed by atoms with Crippen molar-refractivity contribution in [1.82, 2.24) is 14.8 Å². The van der Waals surface area contributed by atoms with Crippen molar-refractivity contribution in [2.24, 2.45) is 7.05 Å². The Kier molecular flexibility index (Phi) is 8.73. The minimum absolute atomic E-state index is 0.125. The number of benzene rings is 1. The molecule has 1 unspecified atom stereocenters. The second-order valence-corrected chi connectivity index (χ2v) is 9.87. The molecule has 0 saturated heterocycles. The average molecular weight is 503 g/mol. The van der Waals surface area contributed by atoms with E-state index in [4.69, 9.17) is 9.47 Å². The number of esters is 1. The van der Waals surface area contributed by atoms with Crippen LogP contribution in [0.15, 0.2) is 29.4 Å². The molecule has 0 aliphatic carbocycles. The number of amides is 1. The second-order valence-electron chi connectivity index (χ2n) is 7.80. The van der Waals surface area contributed by atoms with Gasteiger partial charge < -0.3 is 19.4 Å². The molecule has 0 saturated carbocycles. The summed E-state index contributed by atoms with van der Waals surface area (Å²) in [7, 11) is 1.85. The summed E-state index contributed by atoms with van der Waals surface area (Å²) >= 11 is 2.66. The van der Waals surface area contributed by atoms with Crippen molar-refractivity contribution in [1.29, 1.82) is 0 Å². The molecular weight excluding hydrogens is 472 g/mol. The molecule has 1 N–H and O–H groups in total. The third kappa shape index (κ3) is 6.18. The second kappa shape index (κ2) is 11.5. The number of thioether (sulfide) groups is 1. The van der Waals surface area contributed by atoms with Crippen LogP contribution in [0.25, 0.3) is 0 Å². The normalized spacial score (nSPS) is 11.8. The number of hydrogen-bond donors (Lipinski definition) is 1. The van der Waals surface area contributed by atoms with E-state index in [1.54, 1.807) is 13.0 Å². The molecule has 3 rings (SSSR count). The number of carbonyl (C=O) groups is 2. The van der Waals surface area contributed by atoms with Crippen LogP contribution in [0.1, 0.15) is 59.1 Å². The monoisotopic (exact) mass is 502 g/mol. The Labute approximate surface area is 208 Å². The minimum Gasteiger partial charge on any atom is -0.482 e. The Balaban J connectivity index is 1.63. The maximum absolute atomic E-state index is 12.6. The van der Waals surface area contributed by atoms with Gasteiger partial charge in [0.05, 0.1) is 17.9 Å². The summed E-state index contributed by atoms with van der Waals surface area (Å²) in [6.07, 6.45) is 0.457. The Bertz CT molecular complexity index is 1170. The first-order valence-corrected chi connectivity index (χ1v) is 12.9. The van der Waals surface area contributed by atoms with Crippen molar-refractivity contribution < 1.29 is 19.1 Å². The number of nitrogens with one attached hydrogen (secondary N) is 1. The standard InChI is InChI=1S/C24H30N4O4S2/c1-7-17-12-18(23(30)31-8-2)22(34-17)25-20(29)13-33-24-27-26-21(28(24)6)16(5)32-19-10-9-14(3)11-15(19)4/h9-12,16H,7-8,13H2,1-6H3,(H,25,29). The van der Waals surface area contributed by atoms with Gasteiger partial charge in [-0.3, -0.25) is 4.79 Å². The minimum atomic E-state index is -0.433. The zero-order valence-corrected chi connectivity index (χ0v) is 21.9. The molecule has 2 aromatic heterocycles. The van der Waals surface area contributed by atoms with Crippen LogP contribution in [0.2, 0.25) is 0 Å². The SMILES string of the molecule is CCOC(=O)c1cc(CC)sc1NC(=O)CSc1nnc(C(C)Oc2ccc(C)cc2C)n1C. The molecule has 182 valence electrons. The van der Waals surface area contributed by atoms with Gasteiger partial charge in [-0.2, -0.15) is 0 Å². The Morgan fingerprint density at radius 1 is 1.21 bits per heavy atom. The summed E-state index contributed by atoms with van der Waals surface area (Å²) in [5.74, 6) is 0.925. The number of hydrogen-bond acceptors (Lipinski definition) is 8. The van der Waals surface area contributed by atoms with Gasteiger partial charge in [-0.25, -0.2) is 4.79 Å². The highest BCUT2D eigenvalue weighted by Crippen LogP contribution is 2.30. The maximum Gasteiger partial charge on any atom is 0.341 e. The quantitative estimate of drug-likeness (QED) is 0.304. The van der Waals surface area contributed by atoms with Crippen molar-refractivity contribution in [2.45, 2.75) is 52.3 Å². The number of anilines is 1. The predicted octanol–water partition coefficient (Wildman–Crippen LogP) is 5.10. The summed E-state index contributed by atoms with van der Waals surface area (Å²) < 4.78 is 13.0. The summed E-state index contributed by atoms with van der Waals surface area (Å²) in [6, 6.07) is 7.81. The van der Waals surface area contributed by atoms with Gasteiger partial charge in [-0.15, -0.1) is 21.5 Å². The van der Waals surface area contributed by atoms with Crippen LogP contribution in [0.5, 0.6) is 5.75 Å². The summed E-state index contributed by atoms with van der Waals surface area (Å²) in [4.78, 5) is 25.8. The molecule has 0 fully saturated rings. The molecule has 0 aliphatic heterocycles. The Morgan fingerprint density at radius 2 is 1.97 bits per heavy atom. The topological polar surface area (TPSA) is 95.3 Å². The third-order valence-electron chi connectivity index (χ3n) is 5.08. The number of nitrogens with zero attached hydrogens (tertiary/aromatic N) is 3. The largest absolute Gasteiger partial charge is 0.482 e. The van der Waals surface area contributed by atoms with E-state index in [9.17, 15) is 9.59 Å². The van der Waals surface area contributed by atoms with E-state index in [1.165, 1.54) is 28.7 Å². The molecule has 0 radical (unpaired) electrons. The summed E-state index contributed by atoms with van der Waals surface area (Å²) in [5.41, 5.74) is 2.62. The summed E-state index contributed by atoms with van der Waals surface area (Å²) in [5, 5.41) is 12.5. The van der Waals surface area contributed by atoms with E-state index in [1.807, 2.05) is 51.4 Å². The van der Waals surface area contributed by atoms with E-state index in [0.29, 0.717) is 21.5 Å². The fourth-order valence-electron chi connectivity index (χ4n) is 3.34. The average Bonchev–Trinajstić information content (AvgIpc) is 3.37. The molecule has 0 bridgehead atoms. The number of rotatable bonds is 10. The first-order chi connectivity index (χ1) is 16.2. The van der Waals surface area contributed by atoms with Crippen molar-refractivity contribution in [3.63, 3.8) is 0 Å². The first kappa shape index (κ1) is 25.8. The Hall–Kier alpha value is -2.85. The van der Waals surface area contributed by atoms with Crippen molar-refractivity contribution in [3.8, 4) is 5.75 Å². The van der Waals surface area contributed by atoms with E-state index < -0.39 is 5.97 Å². The molecule has 0 aliphatic rings. The highest BCUT2D eigenvalue weighted by molar-refractivity contribution is 7.99. The van der Waals surface area contributed by atoms with E-state index in [2.05, 4.69) is 21.6 Å². The maximum atomic E-state index is 12.6. The van der Waals surface area contributed by atoms with Gasteiger partial charge in [0.25, 0.3) is 0 Å². The van der Waals surface area contributed by atoms with Crippen LogP contribution >= 0.6 is 23.1 Å². The number of ether oxygens (including phenoxy) is 2. The number of aryl methyl sites for hydroxylation is 3. The predicted molar refractivity (Wildman–Crippen MR) is 135 cm³/mol.